The molecule has 0 fully saturated rings. The van der Waals surface area contributed by atoms with E-state index in [9.17, 15) is 8.78 Å². The number of hydrogen-bond donors (Lipinski definition) is 1. The van der Waals surface area contributed by atoms with Gasteiger partial charge >= 0.3 is 0 Å². The Morgan fingerprint density at radius 3 is 2.64 bits per heavy atom. The second kappa shape index (κ2) is 4.33. The summed E-state index contributed by atoms with van der Waals surface area (Å²) in [6.45, 7) is 3.23. The average Bonchev–Trinajstić information content (AvgIpc) is 2.12. The zero-order chi connectivity index (χ0) is 10.7. The third-order valence-corrected chi connectivity index (χ3v) is 2.02. The predicted molar refractivity (Wildman–Crippen MR) is 51.7 cm³/mol. The van der Waals surface area contributed by atoms with Crippen molar-refractivity contribution in [2.45, 2.75) is 20.0 Å². The van der Waals surface area contributed by atoms with Gasteiger partial charge in [0.2, 0.25) is 0 Å². The van der Waals surface area contributed by atoms with E-state index in [0.717, 1.165) is 6.07 Å². The highest BCUT2D eigenvalue weighted by Gasteiger charge is 2.06. The molecule has 0 aliphatic rings. The summed E-state index contributed by atoms with van der Waals surface area (Å²) in [5.41, 5.74) is 0.748. The van der Waals surface area contributed by atoms with E-state index in [4.69, 9.17) is 5.11 Å². The van der Waals surface area contributed by atoms with Gasteiger partial charge in [-0.1, -0.05) is 18.2 Å². The quantitative estimate of drug-likeness (QED) is 0.774. The van der Waals surface area contributed by atoms with Crippen molar-refractivity contribution in [2.75, 3.05) is 0 Å². The molecule has 14 heavy (non-hydrogen) atoms. The Morgan fingerprint density at radius 1 is 1.43 bits per heavy atom. The van der Waals surface area contributed by atoms with Crippen LogP contribution in [0.1, 0.15) is 19.4 Å². The normalized spacial score (nSPS) is 14.2. The first-order valence-corrected chi connectivity index (χ1v) is 4.32. The van der Waals surface area contributed by atoms with Crippen LogP contribution < -0.4 is 0 Å². The van der Waals surface area contributed by atoms with Crippen LogP contribution in [-0.4, -0.2) is 11.2 Å². The standard InChI is InChI=1S/C11H12F2O/c1-7(8(2)14)6-9-4-3-5-10(12)11(9)13/h3-6,8,14H,1-2H3/b7-6+. The molecular formula is C11H12F2O. The molecule has 0 bridgehead atoms. The van der Waals surface area contributed by atoms with Crippen LogP contribution in [0.25, 0.3) is 6.08 Å². The first kappa shape index (κ1) is 10.9. The zero-order valence-corrected chi connectivity index (χ0v) is 8.09. The predicted octanol–water partition coefficient (Wildman–Crippen LogP) is 2.75. The minimum Gasteiger partial charge on any atom is -0.389 e. The van der Waals surface area contributed by atoms with Gasteiger partial charge in [-0.15, -0.1) is 0 Å². The molecule has 1 rings (SSSR count). The van der Waals surface area contributed by atoms with E-state index in [1.807, 2.05) is 0 Å². The van der Waals surface area contributed by atoms with Gasteiger partial charge in [-0.3, -0.25) is 0 Å². The molecule has 3 heteroatoms. The molecule has 0 heterocycles. The van der Waals surface area contributed by atoms with Crippen molar-refractivity contribution in [2.24, 2.45) is 0 Å². The monoisotopic (exact) mass is 198 g/mol. The first-order valence-electron chi connectivity index (χ1n) is 4.32. The number of aliphatic hydroxyl groups is 1. The van der Waals surface area contributed by atoms with Crippen molar-refractivity contribution in [1.82, 2.24) is 0 Å². The van der Waals surface area contributed by atoms with E-state index in [2.05, 4.69) is 0 Å². The highest BCUT2D eigenvalue weighted by Crippen LogP contribution is 2.15. The third kappa shape index (κ3) is 2.39. The van der Waals surface area contributed by atoms with Crippen LogP contribution in [0.2, 0.25) is 0 Å². The molecule has 0 aliphatic heterocycles. The summed E-state index contributed by atoms with van der Waals surface area (Å²) in [5, 5.41) is 9.16. The smallest absolute Gasteiger partial charge is 0.166 e. The summed E-state index contributed by atoms with van der Waals surface area (Å²) in [4.78, 5) is 0. The minimum atomic E-state index is -0.882. The van der Waals surface area contributed by atoms with Crippen LogP contribution in [0.3, 0.4) is 0 Å². The molecule has 1 unspecified atom stereocenters. The van der Waals surface area contributed by atoms with Crippen LogP contribution in [0.4, 0.5) is 8.78 Å². The summed E-state index contributed by atoms with van der Waals surface area (Å²) in [6, 6.07) is 3.95. The number of hydrogen-bond acceptors (Lipinski definition) is 1. The lowest BCUT2D eigenvalue weighted by molar-refractivity contribution is 0.232. The van der Waals surface area contributed by atoms with Crippen LogP contribution >= 0.6 is 0 Å². The Kier molecular flexibility index (Phi) is 3.36. The fourth-order valence-electron chi connectivity index (χ4n) is 0.998. The molecule has 1 nitrogen and oxygen atoms in total. The summed E-state index contributed by atoms with van der Waals surface area (Å²) >= 11 is 0. The molecule has 0 spiro atoms. The van der Waals surface area contributed by atoms with Crippen molar-refractivity contribution in [3.63, 3.8) is 0 Å². The zero-order valence-electron chi connectivity index (χ0n) is 8.09. The third-order valence-electron chi connectivity index (χ3n) is 2.02. The molecule has 1 N–H and O–H groups in total. The van der Waals surface area contributed by atoms with Crippen LogP contribution in [0.5, 0.6) is 0 Å². The number of aliphatic hydroxyl groups excluding tert-OH is 1. The molecule has 1 atom stereocenters. The molecule has 1 aromatic rings. The fraction of sp³-hybridized carbons (Fsp3) is 0.273. The van der Waals surface area contributed by atoms with Crippen molar-refractivity contribution < 1.29 is 13.9 Å². The second-order valence-electron chi connectivity index (χ2n) is 3.21. The van der Waals surface area contributed by atoms with E-state index in [-0.39, 0.29) is 5.56 Å². The Hall–Kier alpha value is -1.22. The van der Waals surface area contributed by atoms with Crippen molar-refractivity contribution in [3.8, 4) is 0 Å². The topological polar surface area (TPSA) is 20.2 Å². The summed E-state index contributed by atoms with van der Waals surface area (Å²) in [7, 11) is 0. The molecule has 0 radical (unpaired) electrons. The van der Waals surface area contributed by atoms with Gasteiger partial charge in [-0.05, 0) is 25.5 Å². The van der Waals surface area contributed by atoms with Gasteiger partial charge < -0.3 is 5.11 Å². The van der Waals surface area contributed by atoms with E-state index in [0.29, 0.717) is 5.57 Å². The van der Waals surface area contributed by atoms with Crippen molar-refractivity contribution in [3.05, 3.63) is 41.0 Å². The van der Waals surface area contributed by atoms with Gasteiger partial charge in [0.05, 0.1) is 6.10 Å². The highest BCUT2D eigenvalue weighted by molar-refractivity contribution is 5.53. The van der Waals surface area contributed by atoms with Gasteiger partial charge in [0, 0.05) is 5.56 Å². The molecule has 0 amide bonds. The molecule has 76 valence electrons. The SMILES string of the molecule is C/C(=C\c1cccc(F)c1F)C(C)O. The van der Waals surface area contributed by atoms with Crippen LogP contribution in [-0.2, 0) is 0 Å². The van der Waals surface area contributed by atoms with E-state index in [1.54, 1.807) is 13.8 Å². The van der Waals surface area contributed by atoms with E-state index in [1.165, 1.54) is 18.2 Å². The number of halogens is 2. The number of rotatable bonds is 2. The maximum atomic E-state index is 13.1. The van der Waals surface area contributed by atoms with E-state index >= 15 is 0 Å². The molecule has 0 saturated carbocycles. The average molecular weight is 198 g/mol. The van der Waals surface area contributed by atoms with Crippen molar-refractivity contribution >= 4 is 6.08 Å². The largest absolute Gasteiger partial charge is 0.389 e. The molecule has 1 aromatic carbocycles. The maximum Gasteiger partial charge on any atom is 0.166 e. The molecule has 0 saturated heterocycles. The molecular weight excluding hydrogens is 186 g/mol. The lowest BCUT2D eigenvalue weighted by Gasteiger charge is -2.04. The van der Waals surface area contributed by atoms with Gasteiger partial charge in [0.1, 0.15) is 0 Å². The lowest BCUT2D eigenvalue weighted by Crippen LogP contribution is -2.01. The van der Waals surface area contributed by atoms with Gasteiger partial charge in [0.15, 0.2) is 11.6 Å². The second-order valence-corrected chi connectivity index (χ2v) is 3.21. The maximum absolute atomic E-state index is 13.1. The molecule has 0 aliphatic carbocycles. The van der Waals surface area contributed by atoms with E-state index < -0.39 is 17.7 Å². The van der Waals surface area contributed by atoms with Gasteiger partial charge in [-0.25, -0.2) is 8.78 Å². The molecule has 0 aromatic heterocycles. The lowest BCUT2D eigenvalue weighted by atomic mass is 10.1. The Balaban J connectivity index is 3.09. The summed E-state index contributed by atoms with van der Waals surface area (Å²) in [5.74, 6) is -1.76. The Bertz CT molecular complexity index is 356. The van der Waals surface area contributed by atoms with Crippen LogP contribution in [0, 0.1) is 11.6 Å². The number of benzene rings is 1. The van der Waals surface area contributed by atoms with Gasteiger partial charge in [0.25, 0.3) is 0 Å². The van der Waals surface area contributed by atoms with Crippen LogP contribution in [0.15, 0.2) is 23.8 Å². The first-order chi connectivity index (χ1) is 6.52. The summed E-state index contributed by atoms with van der Waals surface area (Å²) in [6.07, 6.45) is 0.779. The fourth-order valence-corrected chi connectivity index (χ4v) is 0.998. The Labute approximate surface area is 81.7 Å². The van der Waals surface area contributed by atoms with Gasteiger partial charge in [-0.2, -0.15) is 0 Å². The highest BCUT2D eigenvalue weighted by atomic mass is 19.2. The van der Waals surface area contributed by atoms with Crippen molar-refractivity contribution in [1.29, 1.82) is 0 Å². The minimum absolute atomic E-state index is 0.156. The Morgan fingerprint density at radius 2 is 2.07 bits per heavy atom. The summed E-state index contributed by atoms with van der Waals surface area (Å²) < 4.78 is 25.9.